The smallest absolute Gasteiger partial charge is 0.270 e. The van der Waals surface area contributed by atoms with E-state index in [9.17, 15) is 4.79 Å². The van der Waals surface area contributed by atoms with Gasteiger partial charge >= 0.3 is 0 Å². The molecule has 3 aromatic rings. The Morgan fingerprint density at radius 1 is 1.04 bits per heavy atom. The van der Waals surface area contributed by atoms with Crippen molar-refractivity contribution in [2.24, 2.45) is 0 Å². The molecule has 26 heavy (non-hydrogen) atoms. The number of anilines is 2. The summed E-state index contributed by atoms with van der Waals surface area (Å²) in [5.74, 6) is 0.0300. The second kappa shape index (κ2) is 8.17. The molecule has 5 nitrogen and oxygen atoms in total. The van der Waals surface area contributed by atoms with E-state index in [0.29, 0.717) is 33.9 Å². The van der Waals surface area contributed by atoms with Crippen LogP contribution in [-0.2, 0) is 6.54 Å². The molecule has 132 valence electrons. The van der Waals surface area contributed by atoms with Crippen molar-refractivity contribution < 1.29 is 4.79 Å². The van der Waals surface area contributed by atoms with E-state index in [1.807, 2.05) is 30.3 Å². The van der Waals surface area contributed by atoms with Gasteiger partial charge in [0.2, 0.25) is 5.95 Å². The Balaban J connectivity index is 1.73. The number of carbonyl (C=O) groups is 1. The number of rotatable bonds is 5. The van der Waals surface area contributed by atoms with E-state index >= 15 is 0 Å². The molecule has 0 bridgehead atoms. The van der Waals surface area contributed by atoms with Crippen LogP contribution in [0.2, 0.25) is 10.0 Å². The lowest BCUT2D eigenvalue weighted by molar-refractivity contribution is 0.0945. The van der Waals surface area contributed by atoms with E-state index in [1.54, 1.807) is 31.2 Å². The normalized spacial score (nSPS) is 10.4. The van der Waals surface area contributed by atoms with Crippen LogP contribution >= 0.6 is 23.2 Å². The van der Waals surface area contributed by atoms with Gasteiger partial charge in [-0.05, 0) is 42.8 Å². The summed E-state index contributed by atoms with van der Waals surface area (Å²) in [6.45, 7) is 2.18. The van der Waals surface area contributed by atoms with E-state index in [-0.39, 0.29) is 11.6 Å². The summed E-state index contributed by atoms with van der Waals surface area (Å²) < 4.78 is 0. The van der Waals surface area contributed by atoms with Gasteiger partial charge < -0.3 is 10.6 Å². The summed E-state index contributed by atoms with van der Waals surface area (Å²) >= 11 is 12.0. The maximum absolute atomic E-state index is 12.4. The number of carbonyl (C=O) groups excluding carboxylic acids is 1. The third-order valence-corrected chi connectivity index (χ3v) is 4.16. The number of benzene rings is 2. The van der Waals surface area contributed by atoms with Gasteiger partial charge in [-0.15, -0.1) is 0 Å². The molecule has 0 unspecified atom stereocenters. The Morgan fingerprint density at radius 2 is 1.77 bits per heavy atom. The van der Waals surface area contributed by atoms with Crippen molar-refractivity contribution >= 4 is 40.7 Å². The molecule has 2 N–H and O–H groups in total. The summed E-state index contributed by atoms with van der Waals surface area (Å²) in [6.07, 6.45) is 0. The van der Waals surface area contributed by atoms with Gasteiger partial charge in [-0.3, -0.25) is 4.79 Å². The maximum atomic E-state index is 12.4. The van der Waals surface area contributed by atoms with Gasteiger partial charge in [0.1, 0.15) is 5.69 Å². The van der Waals surface area contributed by atoms with Crippen molar-refractivity contribution in [1.82, 2.24) is 15.3 Å². The number of amides is 1. The molecule has 0 aliphatic rings. The summed E-state index contributed by atoms with van der Waals surface area (Å²) in [5, 5.41) is 7.08. The van der Waals surface area contributed by atoms with Crippen LogP contribution in [0.5, 0.6) is 0 Å². The number of halogens is 2. The SMILES string of the molecule is Cc1cc(C(=O)NCc2ccc(Cl)cc2)nc(Nc2ccccc2Cl)n1. The van der Waals surface area contributed by atoms with Crippen LogP contribution in [0.4, 0.5) is 11.6 Å². The first-order chi connectivity index (χ1) is 12.5. The van der Waals surface area contributed by atoms with Crippen molar-refractivity contribution in [2.45, 2.75) is 13.5 Å². The highest BCUT2D eigenvalue weighted by Gasteiger charge is 2.11. The zero-order valence-electron chi connectivity index (χ0n) is 14.0. The molecular weight excluding hydrogens is 371 g/mol. The molecule has 1 aromatic heterocycles. The van der Waals surface area contributed by atoms with Crippen LogP contribution in [0.15, 0.2) is 54.6 Å². The lowest BCUT2D eigenvalue weighted by Crippen LogP contribution is -2.24. The van der Waals surface area contributed by atoms with Crippen LogP contribution in [0.1, 0.15) is 21.7 Å². The largest absolute Gasteiger partial charge is 0.347 e. The first kappa shape index (κ1) is 18.2. The highest BCUT2D eigenvalue weighted by atomic mass is 35.5. The summed E-state index contributed by atoms with van der Waals surface area (Å²) in [7, 11) is 0. The van der Waals surface area contributed by atoms with E-state index < -0.39 is 0 Å². The van der Waals surface area contributed by atoms with E-state index in [0.717, 1.165) is 5.56 Å². The molecule has 7 heteroatoms. The lowest BCUT2D eigenvalue weighted by Gasteiger charge is -2.10. The summed E-state index contributed by atoms with van der Waals surface area (Å²) in [5.41, 5.74) is 2.57. The average Bonchev–Trinajstić information content (AvgIpc) is 2.62. The number of aromatic nitrogens is 2. The number of hydrogen-bond acceptors (Lipinski definition) is 4. The summed E-state index contributed by atoms with van der Waals surface area (Å²) in [4.78, 5) is 21.0. The van der Waals surface area contributed by atoms with Crippen LogP contribution in [0.25, 0.3) is 0 Å². The predicted octanol–water partition coefficient (Wildman–Crippen LogP) is 4.77. The number of para-hydroxylation sites is 1. The Morgan fingerprint density at radius 3 is 2.50 bits per heavy atom. The highest BCUT2D eigenvalue weighted by molar-refractivity contribution is 6.33. The van der Waals surface area contributed by atoms with Gasteiger partial charge in [-0.2, -0.15) is 0 Å². The Hall–Kier alpha value is -2.63. The summed E-state index contributed by atoms with van der Waals surface area (Å²) in [6, 6.07) is 16.2. The number of hydrogen-bond donors (Lipinski definition) is 2. The topological polar surface area (TPSA) is 66.9 Å². The van der Waals surface area contributed by atoms with E-state index in [2.05, 4.69) is 20.6 Å². The van der Waals surface area contributed by atoms with E-state index in [4.69, 9.17) is 23.2 Å². The predicted molar refractivity (Wildman–Crippen MR) is 104 cm³/mol. The Bertz CT molecular complexity index is 929. The first-order valence-electron chi connectivity index (χ1n) is 7.91. The molecule has 0 spiro atoms. The van der Waals surface area contributed by atoms with Gasteiger partial charge in [0.05, 0.1) is 10.7 Å². The molecule has 3 rings (SSSR count). The van der Waals surface area contributed by atoms with Crippen LogP contribution in [0, 0.1) is 6.92 Å². The van der Waals surface area contributed by atoms with Crippen molar-refractivity contribution in [3.8, 4) is 0 Å². The van der Waals surface area contributed by atoms with Crippen LogP contribution < -0.4 is 10.6 Å². The number of nitrogens with zero attached hydrogens (tertiary/aromatic N) is 2. The fourth-order valence-corrected chi connectivity index (χ4v) is 2.61. The van der Waals surface area contributed by atoms with E-state index in [1.165, 1.54) is 0 Å². The quantitative estimate of drug-likeness (QED) is 0.662. The van der Waals surface area contributed by atoms with Gasteiger partial charge in [-0.25, -0.2) is 9.97 Å². The van der Waals surface area contributed by atoms with Crippen LogP contribution in [0.3, 0.4) is 0 Å². The second-order valence-electron chi connectivity index (χ2n) is 5.63. The average molecular weight is 387 g/mol. The minimum Gasteiger partial charge on any atom is -0.347 e. The Labute approximate surface area is 161 Å². The standard InChI is InChI=1S/C19H16Cl2N4O/c1-12-10-17(18(26)22-11-13-6-8-14(20)9-7-13)25-19(23-12)24-16-5-3-2-4-15(16)21/h2-10H,11H2,1H3,(H,22,26)(H,23,24,25). The number of nitrogens with one attached hydrogen (secondary N) is 2. The molecule has 0 aliphatic carbocycles. The highest BCUT2D eigenvalue weighted by Crippen LogP contribution is 2.23. The van der Waals surface area contributed by atoms with Crippen LogP contribution in [-0.4, -0.2) is 15.9 Å². The fourth-order valence-electron chi connectivity index (χ4n) is 2.30. The van der Waals surface area contributed by atoms with Gasteiger partial charge in [0, 0.05) is 17.3 Å². The molecule has 2 aromatic carbocycles. The Kier molecular flexibility index (Phi) is 5.71. The van der Waals surface area contributed by atoms with Crippen molar-refractivity contribution in [3.63, 3.8) is 0 Å². The third kappa shape index (κ3) is 4.71. The number of aryl methyl sites for hydroxylation is 1. The minimum absolute atomic E-state index is 0.279. The zero-order valence-corrected chi connectivity index (χ0v) is 15.5. The molecule has 1 amide bonds. The van der Waals surface area contributed by atoms with Crippen molar-refractivity contribution in [1.29, 1.82) is 0 Å². The van der Waals surface area contributed by atoms with Crippen molar-refractivity contribution in [3.05, 3.63) is 81.6 Å². The lowest BCUT2D eigenvalue weighted by atomic mass is 10.2. The fraction of sp³-hybridized carbons (Fsp3) is 0.105. The second-order valence-corrected chi connectivity index (χ2v) is 6.48. The first-order valence-corrected chi connectivity index (χ1v) is 8.67. The molecule has 0 fully saturated rings. The third-order valence-electron chi connectivity index (χ3n) is 3.57. The molecule has 0 saturated carbocycles. The maximum Gasteiger partial charge on any atom is 0.270 e. The molecule has 0 radical (unpaired) electrons. The molecule has 0 atom stereocenters. The monoisotopic (exact) mass is 386 g/mol. The van der Waals surface area contributed by atoms with Gasteiger partial charge in [-0.1, -0.05) is 47.5 Å². The molecule has 0 aliphatic heterocycles. The zero-order chi connectivity index (χ0) is 18.5. The molecule has 1 heterocycles. The van der Waals surface area contributed by atoms with Crippen molar-refractivity contribution in [2.75, 3.05) is 5.32 Å². The molecular formula is C19H16Cl2N4O. The van der Waals surface area contributed by atoms with Gasteiger partial charge in [0.25, 0.3) is 5.91 Å². The minimum atomic E-state index is -0.285. The van der Waals surface area contributed by atoms with Gasteiger partial charge in [0.15, 0.2) is 0 Å². The molecule has 0 saturated heterocycles.